The van der Waals surface area contributed by atoms with Gasteiger partial charge in [0.05, 0.1) is 5.52 Å². The number of alkyl halides is 3. The number of pyridine rings is 1. The van der Waals surface area contributed by atoms with E-state index >= 15 is 0 Å². The van der Waals surface area contributed by atoms with Crippen molar-refractivity contribution in [3.63, 3.8) is 0 Å². The lowest BCUT2D eigenvalue weighted by Crippen LogP contribution is -2.47. The highest BCUT2D eigenvalue weighted by molar-refractivity contribution is 6.31. The number of hydrogen-bond donors (Lipinski definition) is 3. The van der Waals surface area contributed by atoms with Crippen molar-refractivity contribution in [1.29, 1.82) is 0 Å². The second kappa shape index (κ2) is 12.4. The maximum atomic E-state index is 12.9. The van der Waals surface area contributed by atoms with Gasteiger partial charge in [-0.05, 0) is 86.6 Å². The molecule has 8 nitrogen and oxygen atoms in total. The molecular formula is C29H31ClF3N5O3. The molecule has 41 heavy (non-hydrogen) atoms. The van der Waals surface area contributed by atoms with Gasteiger partial charge < -0.3 is 25.6 Å². The Morgan fingerprint density at radius 3 is 2.51 bits per heavy atom. The van der Waals surface area contributed by atoms with Crippen molar-refractivity contribution < 1.29 is 27.5 Å². The van der Waals surface area contributed by atoms with Crippen LogP contribution >= 0.6 is 11.6 Å². The zero-order chi connectivity index (χ0) is 29.0. The number of hydrogen-bond acceptors (Lipinski definition) is 5. The molecule has 2 heterocycles. The molecule has 2 aromatic carbocycles. The van der Waals surface area contributed by atoms with Crippen LogP contribution in [-0.2, 0) is 17.6 Å². The minimum absolute atomic E-state index is 0.0526. The fraction of sp³-hybridized carbons (Fsp3) is 0.414. The third-order valence-electron chi connectivity index (χ3n) is 7.39. The predicted octanol–water partition coefficient (Wildman–Crippen LogP) is 6.28. The number of aromatic nitrogens is 1. The Balaban J connectivity index is 1.08. The number of carbonyl (C=O) groups is 2. The summed E-state index contributed by atoms with van der Waals surface area (Å²) in [7, 11) is 0. The van der Waals surface area contributed by atoms with Crippen molar-refractivity contribution in [2.75, 3.05) is 30.3 Å². The van der Waals surface area contributed by atoms with Crippen LogP contribution in [0.1, 0.15) is 43.4 Å². The molecule has 1 saturated heterocycles. The number of halogens is 4. The van der Waals surface area contributed by atoms with Crippen molar-refractivity contribution in [3.05, 3.63) is 58.7 Å². The summed E-state index contributed by atoms with van der Waals surface area (Å²) >= 11 is 6.21. The number of likely N-dealkylation sites (tertiary alicyclic amines) is 1. The van der Waals surface area contributed by atoms with Crippen molar-refractivity contribution in [3.8, 4) is 5.75 Å². The highest BCUT2D eigenvalue weighted by Gasteiger charge is 2.31. The monoisotopic (exact) mass is 589 g/mol. The Bertz CT molecular complexity index is 1410. The summed E-state index contributed by atoms with van der Waals surface area (Å²) in [6.07, 6.45) is 0.915. The summed E-state index contributed by atoms with van der Waals surface area (Å²) in [6, 6.07) is 10.1. The Hall–Kier alpha value is -3.73. The number of nitrogens with one attached hydrogen (secondary N) is 3. The fourth-order valence-corrected chi connectivity index (χ4v) is 5.59. The quantitative estimate of drug-likeness (QED) is 0.301. The number of rotatable bonds is 7. The van der Waals surface area contributed by atoms with Gasteiger partial charge in [0.15, 0.2) is 0 Å². The summed E-state index contributed by atoms with van der Waals surface area (Å²) < 4.78 is 40.7. The number of piperidine rings is 1. The number of carbonyl (C=O) groups excluding carboxylic acids is 2. The van der Waals surface area contributed by atoms with Crippen LogP contribution in [-0.4, -0.2) is 53.9 Å². The Kier molecular flexibility index (Phi) is 8.72. The van der Waals surface area contributed by atoms with Gasteiger partial charge >= 0.3 is 12.4 Å². The van der Waals surface area contributed by atoms with Crippen LogP contribution in [0.15, 0.2) is 42.5 Å². The average Bonchev–Trinajstić information content (AvgIpc) is 2.93. The molecule has 0 atom stereocenters. The SMILES string of the molecule is O=C(Nc1ccc(OC(F)(F)F)cc1)NC1CCN(C(=O)CCNc2c3c(nc4cc(Cl)ccc24)CCCC3)CC1. The van der Waals surface area contributed by atoms with Gasteiger partial charge in [0.1, 0.15) is 5.75 Å². The lowest BCUT2D eigenvalue weighted by atomic mass is 9.92. The molecule has 0 unspecified atom stereocenters. The second-order valence-corrected chi connectivity index (χ2v) is 10.7. The molecule has 1 aliphatic heterocycles. The van der Waals surface area contributed by atoms with Crippen molar-refractivity contribution in [2.45, 2.75) is 57.3 Å². The van der Waals surface area contributed by atoms with Crippen LogP contribution in [0.2, 0.25) is 5.02 Å². The number of ether oxygens (including phenoxy) is 1. The highest BCUT2D eigenvalue weighted by Crippen LogP contribution is 2.34. The second-order valence-electron chi connectivity index (χ2n) is 10.3. The molecule has 3 N–H and O–H groups in total. The number of aryl methyl sites for hydroxylation is 1. The van der Waals surface area contributed by atoms with Gasteiger partial charge in [-0.2, -0.15) is 0 Å². The van der Waals surface area contributed by atoms with Crippen LogP contribution in [0.25, 0.3) is 10.9 Å². The average molecular weight is 590 g/mol. The molecule has 0 spiro atoms. The first kappa shape index (κ1) is 28.8. The van der Waals surface area contributed by atoms with Gasteiger partial charge in [0.25, 0.3) is 0 Å². The van der Waals surface area contributed by atoms with Gasteiger partial charge in [-0.15, -0.1) is 13.2 Å². The molecule has 218 valence electrons. The molecule has 3 amide bonds. The van der Waals surface area contributed by atoms with Gasteiger partial charge in [0.2, 0.25) is 5.91 Å². The third-order valence-corrected chi connectivity index (χ3v) is 7.63. The van der Waals surface area contributed by atoms with E-state index in [1.54, 1.807) is 0 Å². The minimum atomic E-state index is -4.78. The first-order valence-corrected chi connectivity index (χ1v) is 14.1. The molecule has 5 rings (SSSR count). The Morgan fingerprint density at radius 2 is 1.78 bits per heavy atom. The lowest BCUT2D eigenvalue weighted by molar-refractivity contribution is -0.274. The molecule has 2 aliphatic rings. The van der Waals surface area contributed by atoms with Crippen molar-refractivity contribution >= 4 is 45.8 Å². The molecular weight excluding hydrogens is 559 g/mol. The summed E-state index contributed by atoms with van der Waals surface area (Å²) in [5, 5.41) is 10.6. The molecule has 1 fully saturated rings. The summed E-state index contributed by atoms with van der Waals surface area (Å²) in [5.74, 6) is -0.314. The van der Waals surface area contributed by atoms with Gasteiger partial charge in [-0.25, -0.2) is 4.79 Å². The predicted molar refractivity (Wildman–Crippen MR) is 151 cm³/mol. The van der Waals surface area contributed by atoms with Crippen molar-refractivity contribution in [1.82, 2.24) is 15.2 Å². The summed E-state index contributed by atoms with van der Waals surface area (Å²) in [6.45, 7) is 1.55. The van der Waals surface area contributed by atoms with Crippen LogP contribution in [0.3, 0.4) is 0 Å². The normalized spacial score (nSPS) is 15.8. The van der Waals surface area contributed by atoms with Crippen LogP contribution in [0.4, 0.5) is 29.3 Å². The molecule has 1 aliphatic carbocycles. The van der Waals surface area contributed by atoms with Crippen LogP contribution in [0.5, 0.6) is 5.75 Å². The van der Waals surface area contributed by atoms with Gasteiger partial charge in [-0.1, -0.05) is 11.6 Å². The van der Waals surface area contributed by atoms with Crippen molar-refractivity contribution in [2.24, 2.45) is 0 Å². The fourth-order valence-electron chi connectivity index (χ4n) is 5.42. The smallest absolute Gasteiger partial charge is 0.406 e. The number of amides is 3. The zero-order valence-electron chi connectivity index (χ0n) is 22.3. The molecule has 0 radical (unpaired) electrons. The van der Waals surface area contributed by atoms with Gasteiger partial charge in [0, 0.05) is 59.6 Å². The van der Waals surface area contributed by atoms with E-state index in [-0.39, 0.29) is 17.7 Å². The van der Waals surface area contributed by atoms with E-state index in [2.05, 4.69) is 20.7 Å². The van der Waals surface area contributed by atoms with Crippen LogP contribution < -0.4 is 20.7 Å². The lowest BCUT2D eigenvalue weighted by Gasteiger charge is -2.32. The van der Waals surface area contributed by atoms with E-state index in [1.807, 2.05) is 23.1 Å². The third kappa shape index (κ3) is 7.52. The van der Waals surface area contributed by atoms with E-state index < -0.39 is 12.4 Å². The molecule has 12 heteroatoms. The first-order valence-electron chi connectivity index (χ1n) is 13.7. The first-order chi connectivity index (χ1) is 19.6. The highest BCUT2D eigenvalue weighted by atomic mass is 35.5. The summed E-state index contributed by atoms with van der Waals surface area (Å²) in [5.41, 5.74) is 4.58. The number of anilines is 2. The number of benzene rings is 2. The van der Waals surface area contributed by atoms with E-state index in [0.29, 0.717) is 49.6 Å². The van der Waals surface area contributed by atoms with E-state index in [1.165, 1.54) is 17.7 Å². The van der Waals surface area contributed by atoms with Gasteiger partial charge in [-0.3, -0.25) is 9.78 Å². The van der Waals surface area contributed by atoms with E-state index in [4.69, 9.17) is 16.6 Å². The number of nitrogens with zero attached hydrogens (tertiary/aromatic N) is 2. The topological polar surface area (TPSA) is 95.6 Å². The van der Waals surface area contributed by atoms with E-state index in [0.717, 1.165) is 60.1 Å². The largest absolute Gasteiger partial charge is 0.573 e. The maximum absolute atomic E-state index is 12.9. The number of fused-ring (bicyclic) bond motifs is 2. The summed E-state index contributed by atoms with van der Waals surface area (Å²) in [4.78, 5) is 32.0. The minimum Gasteiger partial charge on any atom is -0.406 e. The standard InChI is InChI=1S/C29H31ClF3N5O3/c30-18-5-10-23-25(17-18)37-24-4-2-1-3-22(24)27(23)34-14-11-26(39)38-15-12-20(13-16-38)36-28(40)35-19-6-8-21(9-7-19)41-29(31,32)33/h5-10,17,20H,1-4,11-16H2,(H,34,37)(H2,35,36,40). The molecule has 0 saturated carbocycles. The Labute approximate surface area is 240 Å². The molecule has 1 aromatic heterocycles. The zero-order valence-corrected chi connectivity index (χ0v) is 23.1. The molecule has 3 aromatic rings. The number of urea groups is 1. The van der Waals surface area contributed by atoms with E-state index in [9.17, 15) is 22.8 Å². The maximum Gasteiger partial charge on any atom is 0.573 e. The molecule has 0 bridgehead atoms. The Morgan fingerprint density at radius 1 is 1.05 bits per heavy atom. The van der Waals surface area contributed by atoms with Crippen LogP contribution in [0, 0.1) is 0 Å².